The van der Waals surface area contributed by atoms with Crippen LogP contribution in [0.4, 0.5) is 0 Å². The van der Waals surface area contributed by atoms with Crippen molar-refractivity contribution in [2.45, 2.75) is 37.2 Å². The highest BCUT2D eigenvalue weighted by Crippen LogP contribution is 2.45. The summed E-state index contributed by atoms with van der Waals surface area (Å²) in [6, 6.07) is 18.4. The number of benzene rings is 2. The van der Waals surface area contributed by atoms with Crippen LogP contribution in [0.15, 0.2) is 59.5 Å². The molecule has 1 N–H and O–H groups in total. The number of nitrogens with one attached hydrogen (secondary N) is 1. The molecule has 1 aliphatic heterocycles. The zero-order valence-corrected chi connectivity index (χ0v) is 16.8. The molecule has 138 valence electrons. The van der Waals surface area contributed by atoms with E-state index in [1.54, 1.807) is 11.8 Å². The number of fused-ring (bicyclic) bond motifs is 1. The minimum absolute atomic E-state index is 0.00567. The van der Waals surface area contributed by atoms with E-state index in [0.717, 1.165) is 22.4 Å². The van der Waals surface area contributed by atoms with Crippen LogP contribution < -0.4 is 0 Å². The number of hydrogen-bond donors (Lipinski definition) is 1. The highest BCUT2D eigenvalue weighted by Gasteiger charge is 2.46. The fourth-order valence-corrected chi connectivity index (χ4v) is 4.16. The normalized spacial score (nSPS) is 16.7. The summed E-state index contributed by atoms with van der Waals surface area (Å²) in [7, 11) is 0. The van der Waals surface area contributed by atoms with E-state index >= 15 is 0 Å². The Morgan fingerprint density at radius 1 is 1.04 bits per heavy atom. The average Bonchev–Trinajstić information content (AvgIpc) is 3.21. The summed E-state index contributed by atoms with van der Waals surface area (Å²) in [5.41, 5.74) is 4.23. The number of thioether (sulfide) groups is 1. The van der Waals surface area contributed by atoms with Gasteiger partial charge in [-0.25, -0.2) is 0 Å². The molecular weight excluding hydrogens is 354 g/mol. The fourth-order valence-electron chi connectivity index (χ4n) is 3.76. The van der Waals surface area contributed by atoms with E-state index in [4.69, 9.17) is 0 Å². The second kappa shape index (κ2) is 6.57. The second-order valence-corrected chi connectivity index (χ2v) is 8.63. The van der Waals surface area contributed by atoms with Gasteiger partial charge in [-0.05, 0) is 44.7 Å². The number of aromatic amines is 1. The maximum Gasteiger partial charge on any atom is 0.273 e. The number of rotatable bonds is 3. The number of H-pyrrole nitrogens is 1. The smallest absolute Gasteiger partial charge is 0.273 e. The predicted octanol–water partition coefficient (Wildman–Crippen LogP) is 5.14. The van der Waals surface area contributed by atoms with Crippen molar-refractivity contribution < 1.29 is 4.79 Å². The first-order valence-corrected chi connectivity index (χ1v) is 10.3. The zero-order valence-electron chi connectivity index (χ0n) is 16.0. The summed E-state index contributed by atoms with van der Waals surface area (Å²) in [6.07, 6.45) is 2.07. The van der Waals surface area contributed by atoms with Crippen molar-refractivity contribution in [1.29, 1.82) is 0 Å². The van der Waals surface area contributed by atoms with Crippen LogP contribution in [0, 0.1) is 0 Å². The van der Waals surface area contributed by atoms with Gasteiger partial charge in [-0.15, -0.1) is 11.8 Å². The largest absolute Gasteiger partial charge is 0.321 e. The fraction of sp³-hybridized carbons (Fsp3) is 0.273. The summed E-state index contributed by atoms with van der Waals surface area (Å²) in [6.45, 7) is 6.24. The van der Waals surface area contributed by atoms with Crippen LogP contribution in [0.5, 0.6) is 0 Å². The van der Waals surface area contributed by atoms with Crippen LogP contribution >= 0.6 is 11.8 Å². The van der Waals surface area contributed by atoms with Gasteiger partial charge in [0.25, 0.3) is 5.91 Å². The van der Waals surface area contributed by atoms with Crippen molar-refractivity contribution in [3.05, 3.63) is 71.4 Å². The molecule has 4 nitrogen and oxygen atoms in total. The molecule has 2 heterocycles. The second-order valence-electron chi connectivity index (χ2n) is 7.75. The lowest BCUT2D eigenvalue weighted by molar-refractivity contribution is 0.0546. The van der Waals surface area contributed by atoms with Crippen LogP contribution in [-0.2, 0) is 0 Å². The minimum atomic E-state index is -0.312. The van der Waals surface area contributed by atoms with Gasteiger partial charge in [0, 0.05) is 21.6 Å². The highest BCUT2D eigenvalue weighted by molar-refractivity contribution is 7.98. The van der Waals surface area contributed by atoms with Crippen molar-refractivity contribution in [2.75, 3.05) is 6.26 Å². The summed E-state index contributed by atoms with van der Waals surface area (Å²) < 4.78 is 0. The lowest BCUT2D eigenvalue weighted by Gasteiger charge is -2.37. The summed E-state index contributed by atoms with van der Waals surface area (Å²) in [5.74, 6) is 0.00567. The van der Waals surface area contributed by atoms with Gasteiger partial charge in [-0.3, -0.25) is 9.89 Å². The molecule has 1 aliphatic rings. The van der Waals surface area contributed by atoms with E-state index in [1.807, 2.05) is 35.2 Å². The van der Waals surface area contributed by atoms with Crippen LogP contribution in [0.2, 0.25) is 0 Å². The molecular formula is C22H23N3OS. The molecule has 3 aromatic rings. The van der Waals surface area contributed by atoms with Gasteiger partial charge in [0.2, 0.25) is 0 Å². The molecule has 1 unspecified atom stereocenters. The Hall–Kier alpha value is -2.53. The molecule has 0 bridgehead atoms. The molecule has 0 saturated heterocycles. The maximum atomic E-state index is 13.2. The number of hydrogen-bond acceptors (Lipinski definition) is 3. The third-order valence-corrected chi connectivity index (χ3v) is 5.71. The van der Waals surface area contributed by atoms with E-state index in [1.165, 1.54) is 4.90 Å². The molecule has 5 heteroatoms. The quantitative estimate of drug-likeness (QED) is 0.643. The first-order chi connectivity index (χ1) is 12.9. The van der Waals surface area contributed by atoms with Crippen molar-refractivity contribution in [3.8, 4) is 11.3 Å². The van der Waals surface area contributed by atoms with Gasteiger partial charge < -0.3 is 4.90 Å². The predicted molar refractivity (Wildman–Crippen MR) is 110 cm³/mol. The number of amides is 1. The molecule has 27 heavy (non-hydrogen) atoms. The number of carbonyl (C=O) groups excluding carboxylic acids is 1. The van der Waals surface area contributed by atoms with Crippen LogP contribution in [0.25, 0.3) is 11.3 Å². The molecule has 0 spiro atoms. The van der Waals surface area contributed by atoms with Crippen molar-refractivity contribution in [2.24, 2.45) is 0 Å². The first kappa shape index (κ1) is 17.9. The lowest BCUT2D eigenvalue weighted by atomic mass is 9.94. The molecule has 0 radical (unpaired) electrons. The third kappa shape index (κ3) is 2.96. The molecule has 0 saturated carbocycles. The Kier molecular flexibility index (Phi) is 4.35. The number of nitrogens with zero attached hydrogens (tertiary/aromatic N) is 2. The van der Waals surface area contributed by atoms with Gasteiger partial charge in [0.1, 0.15) is 5.69 Å². The van der Waals surface area contributed by atoms with Gasteiger partial charge in [0.15, 0.2) is 0 Å². The van der Waals surface area contributed by atoms with E-state index in [2.05, 4.69) is 61.5 Å². The number of aromatic nitrogens is 2. The van der Waals surface area contributed by atoms with E-state index in [9.17, 15) is 4.79 Å². The van der Waals surface area contributed by atoms with E-state index in [-0.39, 0.29) is 17.5 Å². The Balaban J connectivity index is 1.91. The average molecular weight is 378 g/mol. The third-order valence-electron chi connectivity index (χ3n) is 4.97. The van der Waals surface area contributed by atoms with Crippen LogP contribution in [-0.4, -0.2) is 32.8 Å². The van der Waals surface area contributed by atoms with Crippen molar-refractivity contribution in [1.82, 2.24) is 15.1 Å². The lowest BCUT2D eigenvalue weighted by Crippen LogP contribution is -2.44. The molecule has 2 aromatic carbocycles. The Morgan fingerprint density at radius 3 is 2.30 bits per heavy atom. The van der Waals surface area contributed by atoms with Gasteiger partial charge >= 0.3 is 0 Å². The van der Waals surface area contributed by atoms with Crippen LogP contribution in [0.1, 0.15) is 48.4 Å². The summed E-state index contributed by atoms with van der Waals surface area (Å²) >= 11 is 1.72. The first-order valence-electron chi connectivity index (χ1n) is 9.03. The highest BCUT2D eigenvalue weighted by atomic mass is 32.2. The molecule has 0 fully saturated rings. The molecule has 1 amide bonds. The summed E-state index contributed by atoms with van der Waals surface area (Å²) in [4.78, 5) is 16.4. The van der Waals surface area contributed by atoms with Crippen molar-refractivity contribution in [3.63, 3.8) is 0 Å². The van der Waals surface area contributed by atoms with E-state index < -0.39 is 0 Å². The van der Waals surface area contributed by atoms with Gasteiger partial charge in [-0.2, -0.15) is 5.10 Å². The standard InChI is InChI=1S/C22H23N3OS/c1-22(2,3)25-20(15-10-12-16(27-4)13-11-15)17-18(14-8-6-5-7-9-14)23-24-19(17)21(25)26/h5-13,20H,1-4H3,(H,23,24). The molecule has 4 rings (SSSR count). The summed E-state index contributed by atoms with van der Waals surface area (Å²) in [5, 5.41) is 7.52. The van der Waals surface area contributed by atoms with Crippen molar-refractivity contribution >= 4 is 17.7 Å². The SMILES string of the molecule is CSc1ccc(C2c3c(-c4ccccc4)n[nH]c3C(=O)N2C(C)(C)C)cc1. The van der Waals surface area contributed by atoms with E-state index in [0.29, 0.717) is 5.69 Å². The topological polar surface area (TPSA) is 49.0 Å². The van der Waals surface area contributed by atoms with Gasteiger partial charge in [-0.1, -0.05) is 42.5 Å². The minimum Gasteiger partial charge on any atom is -0.321 e. The Morgan fingerprint density at radius 2 is 1.70 bits per heavy atom. The van der Waals surface area contributed by atoms with Crippen LogP contribution in [0.3, 0.4) is 0 Å². The Bertz CT molecular complexity index is 971. The molecule has 1 aromatic heterocycles. The zero-order chi connectivity index (χ0) is 19.2. The molecule has 0 aliphatic carbocycles. The van der Waals surface area contributed by atoms with Gasteiger partial charge in [0.05, 0.1) is 11.7 Å². The molecule has 1 atom stereocenters. The Labute approximate surface area is 164 Å². The number of carbonyl (C=O) groups is 1. The monoisotopic (exact) mass is 377 g/mol. The maximum absolute atomic E-state index is 13.2.